The van der Waals surface area contributed by atoms with Gasteiger partial charge in [-0.2, -0.15) is 0 Å². The average molecular weight is 408 g/mol. The molecule has 0 bridgehead atoms. The van der Waals surface area contributed by atoms with Gasteiger partial charge >= 0.3 is 0 Å². The molecule has 5 heteroatoms. The minimum Gasteiger partial charge on any atom is -0.350 e. The number of aromatic nitrogens is 1. The molecule has 3 nitrogen and oxygen atoms in total. The molecule has 3 aromatic rings. The molecule has 0 spiro atoms. The van der Waals surface area contributed by atoms with Crippen LogP contribution < -0.4 is 5.32 Å². The maximum Gasteiger partial charge on any atom is 0.267 e. The zero-order valence-corrected chi connectivity index (χ0v) is 14.2. The van der Waals surface area contributed by atoms with Gasteiger partial charge in [0.2, 0.25) is 0 Å². The van der Waals surface area contributed by atoms with Gasteiger partial charge in [-0.1, -0.05) is 50.1 Å². The summed E-state index contributed by atoms with van der Waals surface area (Å²) in [4.78, 5) is 15.3. The number of nitrogens with one attached hydrogen (secondary N) is 2. The first-order valence-electron chi connectivity index (χ1n) is 6.43. The summed E-state index contributed by atoms with van der Waals surface area (Å²) in [7, 11) is 0. The maximum absolute atomic E-state index is 12.2. The topological polar surface area (TPSA) is 44.9 Å². The van der Waals surface area contributed by atoms with Crippen LogP contribution in [-0.4, -0.2) is 10.9 Å². The molecule has 0 saturated carbocycles. The number of carbonyl (C=O) groups is 1. The lowest BCUT2D eigenvalue weighted by molar-refractivity contribution is 0.0947. The van der Waals surface area contributed by atoms with Crippen molar-refractivity contribution in [3.8, 4) is 0 Å². The van der Waals surface area contributed by atoms with E-state index in [2.05, 4.69) is 42.2 Å². The predicted octanol–water partition coefficient (Wildman–Crippen LogP) is 4.62. The highest BCUT2D eigenvalue weighted by atomic mass is 79.9. The summed E-state index contributed by atoms with van der Waals surface area (Å²) in [6.45, 7) is 0.497. The molecular formula is C16H12Br2N2O. The van der Waals surface area contributed by atoms with Crippen LogP contribution in [0.15, 0.2) is 57.5 Å². The third kappa shape index (κ3) is 3.36. The number of amides is 1. The number of fused-ring (bicyclic) bond motifs is 1. The molecule has 2 N–H and O–H groups in total. The lowest BCUT2D eigenvalue weighted by Crippen LogP contribution is -2.23. The third-order valence-electron chi connectivity index (χ3n) is 3.17. The van der Waals surface area contributed by atoms with E-state index in [1.54, 1.807) is 0 Å². The van der Waals surface area contributed by atoms with Crippen molar-refractivity contribution in [2.24, 2.45) is 0 Å². The van der Waals surface area contributed by atoms with Crippen LogP contribution in [-0.2, 0) is 6.54 Å². The molecule has 0 saturated heterocycles. The molecule has 0 aliphatic carbocycles. The molecule has 2 aromatic carbocycles. The van der Waals surface area contributed by atoms with Gasteiger partial charge < -0.3 is 10.3 Å². The molecule has 3 rings (SSSR count). The Morgan fingerprint density at radius 2 is 1.86 bits per heavy atom. The minimum absolute atomic E-state index is 0.109. The first kappa shape index (κ1) is 14.4. The van der Waals surface area contributed by atoms with Crippen molar-refractivity contribution in [2.75, 3.05) is 0 Å². The standard InChI is InChI=1S/C16H12Br2N2O/c17-12-3-1-2-10(6-12)9-19-16(21)15-7-11-4-5-13(18)8-14(11)20-15/h1-8,20H,9H2,(H,19,21). The van der Waals surface area contributed by atoms with Crippen LogP contribution in [0.5, 0.6) is 0 Å². The van der Waals surface area contributed by atoms with Gasteiger partial charge in [0.1, 0.15) is 5.69 Å². The highest BCUT2D eigenvalue weighted by Gasteiger charge is 2.09. The second-order valence-corrected chi connectivity index (χ2v) is 6.56. The molecular weight excluding hydrogens is 396 g/mol. The summed E-state index contributed by atoms with van der Waals surface area (Å²) in [5, 5.41) is 3.93. The van der Waals surface area contributed by atoms with Crippen molar-refractivity contribution >= 4 is 48.7 Å². The summed E-state index contributed by atoms with van der Waals surface area (Å²) in [5.74, 6) is -0.109. The van der Waals surface area contributed by atoms with Crippen LogP contribution in [0.3, 0.4) is 0 Å². The van der Waals surface area contributed by atoms with Crippen LogP contribution in [0.25, 0.3) is 10.9 Å². The fourth-order valence-electron chi connectivity index (χ4n) is 2.15. The Labute approximate surface area is 139 Å². The highest BCUT2D eigenvalue weighted by Crippen LogP contribution is 2.20. The number of aromatic amines is 1. The van der Waals surface area contributed by atoms with Gasteiger partial charge in [0.15, 0.2) is 0 Å². The summed E-state index contributed by atoms with van der Waals surface area (Å²) >= 11 is 6.84. The molecule has 0 radical (unpaired) electrons. The van der Waals surface area contributed by atoms with E-state index in [-0.39, 0.29) is 5.91 Å². The Kier molecular flexibility index (Phi) is 4.12. The Hall–Kier alpha value is -1.59. The third-order valence-corrected chi connectivity index (χ3v) is 4.16. The SMILES string of the molecule is O=C(NCc1cccc(Br)c1)c1cc2ccc(Br)cc2[nH]1. The quantitative estimate of drug-likeness (QED) is 0.653. The van der Waals surface area contributed by atoms with E-state index in [9.17, 15) is 4.79 Å². The number of rotatable bonds is 3. The van der Waals surface area contributed by atoms with Crippen LogP contribution in [0.1, 0.15) is 16.1 Å². The Morgan fingerprint density at radius 1 is 1.05 bits per heavy atom. The van der Waals surface area contributed by atoms with Gasteiger partial charge in [-0.25, -0.2) is 0 Å². The summed E-state index contributed by atoms with van der Waals surface area (Å²) in [6, 6.07) is 15.6. The predicted molar refractivity (Wildman–Crippen MR) is 91.3 cm³/mol. The van der Waals surface area contributed by atoms with E-state index in [1.165, 1.54) is 0 Å². The highest BCUT2D eigenvalue weighted by molar-refractivity contribution is 9.10. The normalized spacial score (nSPS) is 10.8. The Morgan fingerprint density at radius 3 is 2.67 bits per heavy atom. The largest absolute Gasteiger partial charge is 0.350 e. The fourth-order valence-corrected chi connectivity index (χ4v) is 2.95. The van der Waals surface area contributed by atoms with E-state index in [1.807, 2.05) is 48.5 Å². The monoisotopic (exact) mass is 406 g/mol. The van der Waals surface area contributed by atoms with Crippen LogP contribution in [0.2, 0.25) is 0 Å². The first-order chi connectivity index (χ1) is 10.1. The zero-order chi connectivity index (χ0) is 14.8. The summed E-state index contributed by atoms with van der Waals surface area (Å²) < 4.78 is 1.99. The van der Waals surface area contributed by atoms with Gasteiger partial charge in [-0.05, 0) is 35.9 Å². The van der Waals surface area contributed by atoms with Crippen LogP contribution >= 0.6 is 31.9 Å². The van der Waals surface area contributed by atoms with Crippen molar-refractivity contribution in [3.63, 3.8) is 0 Å². The molecule has 1 amide bonds. The second-order valence-electron chi connectivity index (χ2n) is 4.73. The molecule has 0 aliphatic rings. The van der Waals surface area contributed by atoms with Gasteiger partial charge in [0.05, 0.1) is 0 Å². The van der Waals surface area contributed by atoms with Crippen molar-refractivity contribution in [2.45, 2.75) is 6.54 Å². The number of hydrogen-bond donors (Lipinski definition) is 2. The van der Waals surface area contributed by atoms with Crippen molar-refractivity contribution in [1.82, 2.24) is 10.3 Å². The molecule has 1 heterocycles. The van der Waals surface area contributed by atoms with E-state index in [0.717, 1.165) is 25.4 Å². The second kappa shape index (κ2) is 6.03. The minimum atomic E-state index is -0.109. The molecule has 1 aromatic heterocycles. The Balaban J connectivity index is 1.74. The van der Waals surface area contributed by atoms with Crippen molar-refractivity contribution < 1.29 is 4.79 Å². The van der Waals surface area contributed by atoms with Gasteiger partial charge in [-0.15, -0.1) is 0 Å². The van der Waals surface area contributed by atoms with Crippen LogP contribution in [0.4, 0.5) is 0 Å². The van der Waals surface area contributed by atoms with Gasteiger partial charge in [-0.3, -0.25) is 4.79 Å². The summed E-state index contributed by atoms with van der Waals surface area (Å²) in [5.41, 5.74) is 2.56. The van der Waals surface area contributed by atoms with Crippen LogP contribution in [0, 0.1) is 0 Å². The smallest absolute Gasteiger partial charge is 0.267 e. The number of benzene rings is 2. The number of carbonyl (C=O) groups excluding carboxylic acids is 1. The van der Waals surface area contributed by atoms with Gasteiger partial charge in [0, 0.05) is 26.4 Å². The molecule has 0 fully saturated rings. The van der Waals surface area contributed by atoms with E-state index >= 15 is 0 Å². The molecule has 0 unspecified atom stereocenters. The number of halogens is 2. The summed E-state index contributed by atoms with van der Waals surface area (Å²) in [6.07, 6.45) is 0. The number of H-pyrrole nitrogens is 1. The molecule has 0 atom stereocenters. The van der Waals surface area contributed by atoms with Crippen molar-refractivity contribution in [1.29, 1.82) is 0 Å². The van der Waals surface area contributed by atoms with Gasteiger partial charge in [0.25, 0.3) is 5.91 Å². The fraction of sp³-hybridized carbons (Fsp3) is 0.0625. The first-order valence-corrected chi connectivity index (χ1v) is 8.01. The van der Waals surface area contributed by atoms with E-state index in [4.69, 9.17) is 0 Å². The maximum atomic E-state index is 12.2. The molecule has 106 valence electrons. The van der Waals surface area contributed by atoms with E-state index < -0.39 is 0 Å². The zero-order valence-electron chi connectivity index (χ0n) is 11.0. The average Bonchev–Trinajstić information content (AvgIpc) is 2.88. The molecule has 21 heavy (non-hydrogen) atoms. The Bertz CT molecular complexity index is 811. The lowest BCUT2D eigenvalue weighted by atomic mass is 10.2. The number of hydrogen-bond acceptors (Lipinski definition) is 1. The lowest BCUT2D eigenvalue weighted by Gasteiger charge is -2.04. The molecule has 0 aliphatic heterocycles. The van der Waals surface area contributed by atoms with E-state index in [0.29, 0.717) is 12.2 Å². The van der Waals surface area contributed by atoms with Crippen molar-refractivity contribution in [3.05, 3.63) is 68.7 Å².